The Bertz CT molecular complexity index is 663. The summed E-state index contributed by atoms with van der Waals surface area (Å²) >= 11 is 0. The molecule has 110 valence electrons. The van der Waals surface area contributed by atoms with Crippen LogP contribution in [0, 0.1) is 15.9 Å². The van der Waals surface area contributed by atoms with Crippen LogP contribution in [0.5, 0.6) is 11.5 Å². The summed E-state index contributed by atoms with van der Waals surface area (Å²) in [6, 6.07) is 1.94. The van der Waals surface area contributed by atoms with Crippen LogP contribution < -0.4 is 14.8 Å². The van der Waals surface area contributed by atoms with E-state index < -0.39 is 16.4 Å². The topological polar surface area (TPSA) is 99.4 Å². The molecule has 2 rings (SSSR count). The molecule has 0 spiro atoms. The van der Waals surface area contributed by atoms with E-state index in [1.54, 1.807) is 0 Å². The average molecular weight is 294 g/mol. The van der Waals surface area contributed by atoms with E-state index in [9.17, 15) is 14.5 Å². The van der Waals surface area contributed by atoms with Crippen molar-refractivity contribution < 1.29 is 18.8 Å². The number of benzene rings is 1. The van der Waals surface area contributed by atoms with Crippen molar-refractivity contribution in [1.82, 2.24) is 9.97 Å². The van der Waals surface area contributed by atoms with Gasteiger partial charge in [-0.3, -0.25) is 10.1 Å². The Balaban J connectivity index is 2.37. The molecule has 8 nitrogen and oxygen atoms in total. The van der Waals surface area contributed by atoms with Gasteiger partial charge in [-0.1, -0.05) is 0 Å². The van der Waals surface area contributed by atoms with E-state index in [0.29, 0.717) is 5.75 Å². The smallest absolute Gasteiger partial charge is 0.307 e. The molecule has 21 heavy (non-hydrogen) atoms. The zero-order chi connectivity index (χ0) is 15.4. The van der Waals surface area contributed by atoms with Gasteiger partial charge in [0.15, 0.2) is 5.75 Å². The summed E-state index contributed by atoms with van der Waals surface area (Å²) in [5, 5.41) is 13.5. The van der Waals surface area contributed by atoms with Gasteiger partial charge in [0.25, 0.3) is 0 Å². The van der Waals surface area contributed by atoms with Crippen LogP contribution in [0.3, 0.4) is 0 Å². The highest BCUT2D eigenvalue weighted by Gasteiger charge is 2.19. The quantitative estimate of drug-likeness (QED) is 0.667. The molecular formula is C12H11FN4O4. The van der Waals surface area contributed by atoms with Crippen molar-refractivity contribution in [3.63, 3.8) is 0 Å². The Kier molecular flexibility index (Phi) is 4.12. The zero-order valence-electron chi connectivity index (χ0n) is 11.2. The molecule has 1 N–H and O–H groups in total. The molecule has 0 amide bonds. The number of nitrogens with zero attached hydrogens (tertiary/aromatic N) is 3. The van der Waals surface area contributed by atoms with E-state index in [1.165, 1.54) is 26.6 Å². The van der Waals surface area contributed by atoms with Gasteiger partial charge in [0, 0.05) is 12.1 Å². The van der Waals surface area contributed by atoms with Crippen LogP contribution in [-0.2, 0) is 0 Å². The Morgan fingerprint density at radius 1 is 1.24 bits per heavy atom. The first-order chi connectivity index (χ1) is 10.0. The predicted molar refractivity (Wildman–Crippen MR) is 71.5 cm³/mol. The molecule has 1 aromatic heterocycles. The van der Waals surface area contributed by atoms with Gasteiger partial charge >= 0.3 is 5.69 Å². The highest BCUT2D eigenvalue weighted by Crippen LogP contribution is 2.33. The van der Waals surface area contributed by atoms with Crippen molar-refractivity contribution in [2.24, 2.45) is 0 Å². The van der Waals surface area contributed by atoms with E-state index >= 15 is 0 Å². The third-order valence-electron chi connectivity index (χ3n) is 2.58. The molecule has 0 aliphatic heterocycles. The highest BCUT2D eigenvalue weighted by atomic mass is 19.1. The lowest BCUT2D eigenvalue weighted by molar-refractivity contribution is -0.387. The number of nitro groups is 1. The van der Waals surface area contributed by atoms with E-state index in [-0.39, 0.29) is 17.4 Å². The number of methoxy groups -OCH3 is 2. The van der Waals surface area contributed by atoms with Crippen molar-refractivity contribution in [2.75, 3.05) is 19.5 Å². The SMILES string of the molecule is COc1cnc(Nc2cc([N+](=O)[O-])c(F)cc2OC)nc1. The summed E-state index contributed by atoms with van der Waals surface area (Å²) in [5.74, 6) is -0.275. The molecule has 0 unspecified atom stereocenters. The van der Waals surface area contributed by atoms with E-state index in [0.717, 1.165) is 12.1 Å². The fraction of sp³-hybridized carbons (Fsp3) is 0.167. The number of hydrogen-bond acceptors (Lipinski definition) is 7. The van der Waals surface area contributed by atoms with Crippen LogP contribution >= 0.6 is 0 Å². The van der Waals surface area contributed by atoms with E-state index in [4.69, 9.17) is 9.47 Å². The summed E-state index contributed by atoms with van der Waals surface area (Å²) in [7, 11) is 2.79. The van der Waals surface area contributed by atoms with Crippen LogP contribution in [-0.4, -0.2) is 29.1 Å². The molecule has 0 aliphatic carbocycles. The van der Waals surface area contributed by atoms with E-state index in [1.807, 2.05) is 0 Å². The summed E-state index contributed by atoms with van der Waals surface area (Å²) in [5.41, 5.74) is -0.498. The molecule has 0 aliphatic rings. The van der Waals surface area contributed by atoms with Crippen molar-refractivity contribution in [2.45, 2.75) is 0 Å². The standard InChI is InChI=1S/C12H11FN4O4/c1-20-7-5-14-12(15-6-7)16-9-4-10(17(18)19)8(13)3-11(9)21-2/h3-6H,1-2H3,(H,14,15,16). The fourth-order valence-electron chi connectivity index (χ4n) is 1.56. The second-order valence-corrected chi connectivity index (χ2v) is 3.83. The maximum atomic E-state index is 13.5. The summed E-state index contributed by atoms with van der Waals surface area (Å²) in [4.78, 5) is 17.8. The highest BCUT2D eigenvalue weighted by molar-refractivity contribution is 5.66. The first-order valence-electron chi connectivity index (χ1n) is 5.70. The molecule has 0 radical (unpaired) electrons. The van der Waals surface area contributed by atoms with Crippen molar-refractivity contribution in [1.29, 1.82) is 0 Å². The van der Waals surface area contributed by atoms with Gasteiger partial charge in [-0.2, -0.15) is 4.39 Å². The first-order valence-corrected chi connectivity index (χ1v) is 5.70. The minimum atomic E-state index is -0.988. The lowest BCUT2D eigenvalue weighted by Gasteiger charge is -2.10. The van der Waals surface area contributed by atoms with Crippen LogP contribution in [0.4, 0.5) is 21.7 Å². The van der Waals surface area contributed by atoms with Crippen LogP contribution in [0.15, 0.2) is 24.5 Å². The Labute approximate surface area is 118 Å². The molecule has 0 saturated heterocycles. The van der Waals surface area contributed by atoms with Gasteiger partial charge in [-0.25, -0.2) is 9.97 Å². The molecule has 0 atom stereocenters. The second kappa shape index (κ2) is 5.99. The Hall–Kier alpha value is -2.97. The minimum absolute atomic E-state index is 0.0949. The average Bonchev–Trinajstić information content (AvgIpc) is 2.49. The lowest BCUT2D eigenvalue weighted by Crippen LogP contribution is -2.02. The van der Waals surface area contributed by atoms with Gasteiger partial charge in [0.2, 0.25) is 11.8 Å². The normalized spacial score (nSPS) is 10.0. The molecular weight excluding hydrogens is 283 g/mol. The number of ether oxygens (including phenoxy) is 2. The van der Waals surface area contributed by atoms with Crippen molar-refractivity contribution in [3.05, 3.63) is 40.5 Å². The number of anilines is 2. The van der Waals surface area contributed by atoms with Gasteiger partial charge in [0.05, 0.1) is 37.2 Å². The number of rotatable bonds is 5. The largest absolute Gasteiger partial charge is 0.494 e. The van der Waals surface area contributed by atoms with Gasteiger partial charge in [-0.15, -0.1) is 0 Å². The summed E-state index contributed by atoms with van der Waals surface area (Å²) in [6.07, 6.45) is 2.83. The van der Waals surface area contributed by atoms with E-state index in [2.05, 4.69) is 15.3 Å². The van der Waals surface area contributed by atoms with Crippen molar-refractivity contribution >= 4 is 17.3 Å². The maximum absolute atomic E-state index is 13.5. The lowest BCUT2D eigenvalue weighted by atomic mass is 10.2. The predicted octanol–water partition coefficient (Wildman–Crippen LogP) is 2.28. The van der Waals surface area contributed by atoms with Crippen molar-refractivity contribution in [3.8, 4) is 11.5 Å². The molecule has 0 bridgehead atoms. The van der Waals surface area contributed by atoms with Crippen LogP contribution in [0.1, 0.15) is 0 Å². The molecule has 0 fully saturated rings. The first kappa shape index (κ1) is 14.4. The van der Waals surface area contributed by atoms with Gasteiger partial charge < -0.3 is 14.8 Å². The molecule has 2 aromatic rings. The second-order valence-electron chi connectivity index (χ2n) is 3.83. The monoisotopic (exact) mass is 294 g/mol. The molecule has 0 saturated carbocycles. The third kappa shape index (κ3) is 3.14. The Morgan fingerprint density at radius 3 is 2.43 bits per heavy atom. The fourth-order valence-corrected chi connectivity index (χ4v) is 1.56. The van der Waals surface area contributed by atoms with Gasteiger partial charge in [0.1, 0.15) is 5.75 Å². The number of nitrogens with one attached hydrogen (secondary N) is 1. The summed E-state index contributed by atoms with van der Waals surface area (Å²) in [6.45, 7) is 0. The Morgan fingerprint density at radius 2 is 1.90 bits per heavy atom. The zero-order valence-corrected chi connectivity index (χ0v) is 11.2. The summed E-state index contributed by atoms with van der Waals surface area (Å²) < 4.78 is 23.4. The number of hydrogen-bond donors (Lipinski definition) is 1. The minimum Gasteiger partial charge on any atom is -0.494 e. The number of aromatic nitrogens is 2. The molecule has 1 aromatic carbocycles. The van der Waals surface area contributed by atoms with Gasteiger partial charge in [-0.05, 0) is 0 Å². The van der Waals surface area contributed by atoms with Crippen LogP contribution in [0.25, 0.3) is 0 Å². The van der Waals surface area contributed by atoms with Crippen LogP contribution in [0.2, 0.25) is 0 Å². The number of nitro benzene ring substituents is 1. The third-order valence-corrected chi connectivity index (χ3v) is 2.58. The molecule has 9 heteroatoms. The number of halogens is 1. The molecule has 1 heterocycles. The maximum Gasteiger partial charge on any atom is 0.307 e.